The highest BCUT2D eigenvalue weighted by atomic mass is 32.1. The third kappa shape index (κ3) is 6.72. The van der Waals surface area contributed by atoms with Crippen molar-refractivity contribution < 1.29 is 27.8 Å². The monoisotopic (exact) mass is 456 g/mol. The molecule has 3 aromatic heterocycles. The molecular formula is C18H19F3N6O3S. The van der Waals surface area contributed by atoms with Crippen molar-refractivity contribution in [3.8, 4) is 6.01 Å². The highest BCUT2D eigenvalue weighted by molar-refractivity contribution is 7.07. The Bertz CT molecular complexity index is 966. The number of thiophene rings is 1. The second kappa shape index (κ2) is 10.3. The molecule has 1 aliphatic rings. The van der Waals surface area contributed by atoms with Gasteiger partial charge in [-0.2, -0.15) is 24.5 Å². The van der Waals surface area contributed by atoms with Gasteiger partial charge in [0.05, 0.1) is 0 Å². The first-order valence-corrected chi connectivity index (χ1v) is 10.1. The van der Waals surface area contributed by atoms with Crippen molar-refractivity contribution in [1.29, 1.82) is 0 Å². The molecule has 9 nitrogen and oxygen atoms in total. The first-order chi connectivity index (χ1) is 14.8. The molecule has 0 saturated carbocycles. The smallest absolute Gasteiger partial charge is 0.475 e. The van der Waals surface area contributed by atoms with Crippen LogP contribution in [0.5, 0.6) is 6.01 Å². The molecule has 4 rings (SSSR count). The number of ether oxygens (including phenoxy) is 1. The molecule has 0 spiro atoms. The fourth-order valence-electron chi connectivity index (χ4n) is 2.82. The Balaban J connectivity index is 0.000000339. The van der Waals surface area contributed by atoms with E-state index in [-0.39, 0.29) is 0 Å². The lowest BCUT2D eigenvalue weighted by Crippen LogP contribution is -2.26. The minimum absolute atomic E-state index is 0.335. The van der Waals surface area contributed by atoms with Crippen molar-refractivity contribution in [3.63, 3.8) is 0 Å². The van der Waals surface area contributed by atoms with E-state index in [4.69, 9.17) is 14.6 Å². The fraction of sp³-hybridized carbons (Fsp3) is 0.389. The summed E-state index contributed by atoms with van der Waals surface area (Å²) in [4.78, 5) is 19.5. The van der Waals surface area contributed by atoms with E-state index in [1.54, 1.807) is 29.8 Å². The number of fused-ring (bicyclic) bond motifs is 1. The van der Waals surface area contributed by atoms with Gasteiger partial charge in [0.1, 0.15) is 5.82 Å². The molecule has 1 N–H and O–H groups in total. The molecule has 0 fully saturated rings. The number of rotatable bonds is 5. The van der Waals surface area contributed by atoms with Gasteiger partial charge in [-0.1, -0.05) is 0 Å². The second-order valence-corrected chi connectivity index (χ2v) is 7.24. The lowest BCUT2D eigenvalue weighted by atomic mass is 10.3. The first-order valence-electron chi connectivity index (χ1n) is 9.17. The number of carboxylic acids is 1. The van der Waals surface area contributed by atoms with Crippen LogP contribution in [0, 0.1) is 0 Å². The van der Waals surface area contributed by atoms with E-state index < -0.39 is 12.1 Å². The van der Waals surface area contributed by atoms with Crippen LogP contribution in [0.2, 0.25) is 0 Å². The van der Waals surface area contributed by atoms with Gasteiger partial charge in [0.15, 0.2) is 12.4 Å². The van der Waals surface area contributed by atoms with E-state index in [0.29, 0.717) is 12.6 Å². The summed E-state index contributed by atoms with van der Waals surface area (Å²) in [5.74, 6) is -0.905. The molecule has 0 unspecified atom stereocenters. The van der Waals surface area contributed by atoms with Gasteiger partial charge < -0.3 is 14.4 Å². The quantitative estimate of drug-likeness (QED) is 0.624. The number of alkyl halides is 3. The topological polar surface area (TPSA) is 106 Å². The number of aliphatic carboxylic acids is 1. The number of aromatic nitrogens is 5. The van der Waals surface area contributed by atoms with Gasteiger partial charge in [0.25, 0.3) is 0 Å². The van der Waals surface area contributed by atoms with Crippen LogP contribution >= 0.6 is 11.3 Å². The standard InChI is InChI=1S/C16H18N6OS.C2HF3O2/c1-4-17-16(18-5-1)23-11-15-20-19-14-2-6-21(7-8-22(14)15)10-13-3-9-24-12-13;3-2(4,5)1(6)7/h1,3-5,9,12H,2,6-8,10-11H2;(H,6,7). The molecule has 0 aromatic carbocycles. The maximum absolute atomic E-state index is 10.6. The highest BCUT2D eigenvalue weighted by Crippen LogP contribution is 2.15. The Labute approximate surface area is 179 Å². The van der Waals surface area contributed by atoms with Crippen LogP contribution in [0.25, 0.3) is 0 Å². The summed E-state index contributed by atoms with van der Waals surface area (Å²) in [6, 6.07) is 4.31. The lowest BCUT2D eigenvalue weighted by Gasteiger charge is -2.18. The lowest BCUT2D eigenvalue weighted by molar-refractivity contribution is -0.192. The first kappa shape index (κ1) is 22.6. The van der Waals surface area contributed by atoms with Crippen LogP contribution in [-0.2, 0) is 30.9 Å². The van der Waals surface area contributed by atoms with Crippen molar-refractivity contribution >= 4 is 17.3 Å². The van der Waals surface area contributed by atoms with Gasteiger partial charge in [0.2, 0.25) is 0 Å². The number of hydrogen-bond acceptors (Lipinski definition) is 8. The molecular weight excluding hydrogens is 437 g/mol. The van der Waals surface area contributed by atoms with E-state index in [2.05, 4.69) is 46.5 Å². The van der Waals surface area contributed by atoms with Gasteiger partial charge in [-0.25, -0.2) is 14.8 Å². The Morgan fingerprint density at radius 3 is 2.58 bits per heavy atom. The molecule has 4 heterocycles. The Morgan fingerprint density at radius 1 is 1.19 bits per heavy atom. The summed E-state index contributed by atoms with van der Waals surface area (Å²) in [5, 5.41) is 20.1. The summed E-state index contributed by atoms with van der Waals surface area (Å²) in [7, 11) is 0. The van der Waals surface area contributed by atoms with E-state index in [9.17, 15) is 13.2 Å². The number of nitrogens with zero attached hydrogens (tertiary/aromatic N) is 6. The maximum Gasteiger partial charge on any atom is 0.490 e. The Morgan fingerprint density at radius 2 is 1.94 bits per heavy atom. The zero-order valence-corrected chi connectivity index (χ0v) is 17.0. The predicted molar refractivity (Wildman–Crippen MR) is 103 cm³/mol. The predicted octanol–water partition coefficient (Wildman–Crippen LogP) is 2.40. The second-order valence-electron chi connectivity index (χ2n) is 6.46. The number of carbonyl (C=O) groups is 1. The molecule has 31 heavy (non-hydrogen) atoms. The summed E-state index contributed by atoms with van der Waals surface area (Å²) in [6.07, 6.45) is -0.858. The molecule has 3 aromatic rings. The van der Waals surface area contributed by atoms with Crippen LogP contribution < -0.4 is 4.74 Å². The number of hydrogen-bond donors (Lipinski definition) is 1. The summed E-state index contributed by atoms with van der Waals surface area (Å²) in [5.41, 5.74) is 1.38. The van der Waals surface area contributed by atoms with Crippen LogP contribution in [0.3, 0.4) is 0 Å². The maximum atomic E-state index is 10.6. The average molecular weight is 456 g/mol. The molecule has 1 aliphatic heterocycles. The average Bonchev–Trinajstić information content (AvgIpc) is 3.34. The van der Waals surface area contributed by atoms with E-state index in [1.165, 1.54) is 5.56 Å². The minimum Gasteiger partial charge on any atom is -0.475 e. The zero-order chi connectivity index (χ0) is 22.3. The molecule has 0 radical (unpaired) electrons. The fourth-order valence-corrected chi connectivity index (χ4v) is 3.48. The Kier molecular flexibility index (Phi) is 7.52. The molecule has 0 aliphatic carbocycles. The molecule has 13 heteroatoms. The van der Waals surface area contributed by atoms with E-state index >= 15 is 0 Å². The van der Waals surface area contributed by atoms with Gasteiger partial charge in [0, 0.05) is 45.0 Å². The molecule has 166 valence electrons. The van der Waals surface area contributed by atoms with Gasteiger partial charge in [-0.15, -0.1) is 10.2 Å². The van der Waals surface area contributed by atoms with Crippen LogP contribution in [0.1, 0.15) is 17.2 Å². The number of carboxylic acid groups (broad SMARTS) is 1. The van der Waals surface area contributed by atoms with E-state index in [0.717, 1.165) is 44.2 Å². The normalized spacial score (nSPS) is 14.2. The van der Waals surface area contributed by atoms with Crippen molar-refractivity contribution in [2.75, 3.05) is 13.1 Å². The van der Waals surface area contributed by atoms with Gasteiger partial charge in [-0.3, -0.25) is 4.90 Å². The van der Waals surface area contributed by atoms with E-state index in [1.807, 2.05) is 0 Å². The van der Waals surface area contributed by atoms with Crippen molar-refractivity contribution in [1.82, 2.24) is 29.6 Å². The molecule has 0 amide bonds. The minimum atomic E-state index is -5.08. The van der Waals surface area contributed by atoms with Gasteiger partial charge in [-0.05, 0) is 28.5 Å². The van der Waals surface area contributed by atoms with Crippen molar-refractivity contribution in [2.24, 2.45) is 0 Å². The molecule has 0 atom stereocenters. The Hall–Kier alpha value is -3.06. The largest absolute Gasteiger partial charge is 0.490 e. The van der Waals surface area contributed by atoms with Gasteiger partial charge >= 0.3 is 18.2 Å². The van der Waals surface area contributed by atoms with Crippen molar-refractivity contribution in [3.05, 3.63) is 52.5 Å². The summed E-state index contributed by atoms with van der Waals surface area (Å²) in [6.45, 7) is 4.18. The number of halogens is 3. The van der Waals surface area contributed by atoms with Crippen molar-refractivity contribution in [2.45, 2.75) is 32.3 Å². The summed E-state index contributed by atoms with van der Waals surface area (Å²) < 4.78 is 39.5. The van der Waals surface area contributed by atoms with Crippen LogP contribution in [0.4, 0.5) is 13.2 Å². The molecule has 0 bridgehead atoms. The zero-order valence-electron chi connectivity index (χ0n) is 16.2. The van der Waals surface area contributed by atoms with Crippen LogP contribution in [0.15, 0.2) is 35.3 Å². The highest BCUT2D eigenvalue weighted by Gasteiger charge is 2.38. The van der Waals surface area contributed by atoms with Crippen LogP contribution in [-0.4, -0.2) is 60.0 Å². The third-order valence-electron chi connectivity index (χ3n) is 4.30. The molecule has 0 saturated heterocycles. The SMILES string of the molecule is O=C(O)C(F)(F)F.c1cnc(OCc2nnc3n2CCN(Cc2ccsc2)CC3)nc1. The summed E-state index contributed by atoms with van der Waals surface area (Å²) >= 11 is 1.75. The third-order valence-corrected chi connectivity index (χ3v) is 5.03.